The van der Waals surface area contributed by atoms with Crippen LogP contribution in [0.1, 0.15) is 43.6 Å². The summed E-state index contributed by atoms with van der Waals surface area (Å²) in [6.45, 7) is 7.83. The Hall–Kier alpha value is -1.31. The maximum atomic E-state index is 11.2. The molecule has 1 aromatic rings. The molecular formula is C12H17NO. The van der Waals surface area contributed by atoms with E-state index in [0.717, 1.165) is 16.8 Å². The number of carbonyl (C=O) groups excluding carboxylic acids is 1. The van der Waals surface area contributed by atoms with Crippen molar-refractivity contribution in [2.75, 3.05) is 5.73 Å². The Morgan fingerprint density at radius 3 is 2.29 bits per heavy atom. The van der Waals surface area contributed by atoms with E-state index in [1.807, 2.05) is 6.07 Å². The molecule has 0 aliphatic rings. The van der Waals surface area contributed by atoms with Gasteiger partial charge < -0.3 is 5.73 Å². The quantitative estimate of drug-likeness (QED) is 0.548. The van der Waals surface area contributed by atoms with Crippen molar-refractivity contribution in [1.29, 1.82) is 0 Å². The molecular weight excluding hydrogens is 174 g/mol. The van der Waals surface area contributed by atoms with E-state index in [9.17, 15) is 4.79 Å². The fourth-order valence-corrected chi connectivity index (χ4v) is 1.42. The van der Waals surface area contributed by atoms with Crippen molar-refractivity contribution in [1.82, 2.24) is 0 Å². The van der Waals surface area contributed by atoms with Crippen molar-refractivity contribution in [2.45, 2.75) is 33.1 Å². The number of ketones is 1. The van der Waals surface area contributed by atoms with E-state index in [1.54, 1.807) is 19.1 Å². The lowest BCUT2D eigenvalue weighted by atomic mass is 9.84. The molecule has 0 fully saturated rings. The van der Waals surface area contributed by atoms with Crippen molar-refractivity contribution in [3.63, 3.8) is 0 Å². The van der Waals surface area contributed by atoms with Gasteiger partial charge in [-0.25, -0.2) is 0 Å². The Balaban J connectivity index is 3.29. The van der Waals surface area contributed by atoms with Crippen LogP contribution in [0.3, 0.4) is 0 Å². The predicted molar refractivity (Wildman–Crippen MR) is 59.6 cm³/mol. The van der Waals surface area contributed by atoms with Gasteiger partial charge in [0.2, 0.25) is 0 Å². The molecule has 1 rings (SSSR count). The summed E-state index contributed by atoms with van der Waals surface area (Å²) >= 11 is 0. The van der Waals surface area contributed by atoms with Gasteiger partial charge in [-0.2, -0.15) is 0 Å². The molecule has 0 amide bonds. The first-order valence-electron chi connectivity index (χ1n) is 4.73. The average Bonchev–Trinajstić information content (AvgIpc) is 2.02. The van der Waals surface area contributed by atoms with Gasteiger partial charge in [-0.15, -0.1) is 0 Å². The molecule has 14 heavy (non-hydrogen) atoms. The van der Waals surface area contributed by atoms with Gasteiger partial charge in [0.25, 0.3) is 0 Å². The maximum absolute atomic E-state index is 11.2. The van der Waals surface area contributed by atoms with Crippen LogP contribution < -0.4 is 5.73 Å². The van der Waals surface area contributed by atoms with Crippen molar-refractivity contribution in [2.24, 2.45) is 0 Å². The Morgan fingerprint density at radius 2 is 1.86 bits per heavy atom. The first kappa shape index (κ1) is 10.8. The summed E-state index contributed by atoms with van der Waals surface area (Å²) in [7, 11) is 0. The van der Waals surface area contributed by atoms with Crippen LogP contribution in [0.5, 0.6) is 0 Å². The number of anilines is 1. The Kier molecular flexibility index (Phi) is 2.65. The lowest BCUT2D eigenvalue weighted by Crippen LogP contribution is -2.14. The number of nitrogens with two attached hydrogens (primary N) is 1. The predicted octanol–water partition coefficient (Wildman–Crippen LogP) is 2.77. The fourth-order valence-electron chi connectivity index (χ4n) is 1.42. The van der Waals surface area contributed by atoms with E-state index in [1.165, 1.54) is 0 Å². The molecule has 0 heterocycles. The zero-order valence-corrected chi connectivity index (χ0v) is 9.22. The van der Waals surface area contributed by atoms with Gasteiger partial charge in [0, 0.05) is 11.3 Å². The van der Waals surface area contributed by atoms with Crippen molar-refractivity contribution in [3.05, 3.63) is 29.3 Å². The maximum Gasteiger partial charge on any atom is 0.159 e. The van der Waals surface area contributed by atoms with Gasteiger partial charge in [-0.3, -0.25) is 4.79 Å². The standard InChI is InChI=1S/C12H17NO/c1-8(14)9-5-6-11(13)10(7-9)12(2,3)4/h5-7H,13H2,1-4H3. The molecule has 0 radical (unpaired) electrons. The van der Waals surface area contributed by atoms with Crippen LogP contribution in [-0.2, 0) is 5.41 Å². The molecule has 2 heteroatoms. The molecule has 0 aromatic heterocycles. The second kappa shape index (κ2) is 3.45. The van der Waals surface area contributed by atoms with Crippen molar-refractivity contribution in [3.8, 4) is 0 Å². The Labute approximate surface area is 85.1 Å². The van der Waals surface area contributed by atoms with Gasteiger partial charge in [0.05, 0.1) is 0 Å². The second-order valence-electron chi connectivity index (χ2n) is 4.61. The fraction of sp³-hybridized carbons (Fsp3) is 0.417. The molecule has 0 saturated carbocycles. The van der Waals surface area contributed by atoms with Gasteiger partial charge in [0.15, 0.2) is 5.78 Å². The van der Waals surface area contributed by atoms with Crippen LogP contribution in [-0.4, -0.2) is 5.78 Å². The van der Waals surface area contributed by atoms with Crippen molar-refractivity contribution < 1.29 is 4.79 Å². The van der Waals surface area contributed by atoms with Crippen LogP contribution in [0.25, 0.3) is 0 Å². The van der Waals surface area contributed by atoms with Gasteiger partial charge in [-0.05, 0) is 36.1 Å². The molecule has 0 bridgehead atoms. The van der Waals surface area contributed by atoms with Gasteiger partial charge in [-0.1, -0.05) is 20.8 Å². The molecule has 1 aromatic carbocycles. The first-order valence-corrected chi connectivity index (χ1v) is 4.73. The third-order valence-corrected chi connectivity index (χ3v) is 2.27. The second-order valence-corrected chi connectivity index (χ2v) is 4.61. The third kappa shape index (κ3) is 2.13. The average molecular weight is 191 g/mol. The minimum Gasteiger partial charge on any atom is -0.398 e. The molecule has 0 aliphatic heterocycles. The number of rotatable bonds is 1. The summed E-state index contributed by atoms with van der Waals surface area (Å²) in [5.74, 6) is 0.0792. The SMILES string of the molecule is CC(=O)c1ccc(N)c(C(C)(C)C)c1. The number of hydrogen-bond acceptors (Lipinski definition) is 2. The van der Waals surface area contributed by atoms with Crippen molar-refractivity contribution >= 4 is 11.5 Å². The molecule has 0 saturated heterocycles. The normalized spacial score (nSPS) is 11.4. The summed E-state index contributed by atoms with van der Waals surface area (Å²) in [5.41, 5.74) is 8.36. The summed E-state index contributed by atoms with van der Waals surface area (Å²) in [5, 5.41) is 0. The van der Waals surface area contributed by atoms with Crippen LogP contribution >= 0.6 is 0 Å². The van der Waals surface area contributed by atoms with Crippen LogP contribution in [0.15, 0.2) is 18.2 Å². The number of benzene rings is 1. The van der Waals surface area contributed by atoms with E-state index in [2.05, 4.69) is 20.8 Å². The summed E-state index contributed by atoms with van der Waals surface area (Å²) in [4.78, 5) is 11.2. The molecule has 2 nitrogen and oxygen atoms in total. The smallest absolute Gasteiger partial charge is 0.159 e. The highest BCUT2D eigenvalue weighted by molar-refractivity contribution is 5.94. The number of hydrogen-bond donors (Lipinski definition) is 1. The lowest BCUT2D eigenvalue weighted by molar-refractivity contribution is 0.101. The van der Waals surface area contributed by atoms with Gasteiger partial charge >= 0.3 is 0 Å². The minimum atomic E-state index is -0.0183. The summed E-state index contributed by atoms with van der Waals surface area (Å²) in [6.07, 6.45) is 0. The minimum absolute atomic E-state index is 0.0183. The highest BCUT2D eigenvalue weighted by Crippen LogP contribution is 2.28. The molecule has 76 valence electrons. The Morgan fingerprint density at radius 1 is 1.29 bits per heavy atom. The molecule has 2 N–H and O–H groups in total. The highest BCUT2D eigenvalue weighted by Gasteiger charge is 2.17. The number of carbonyl (C=O) groups is 1. The third-order valence-electron chi connectivity index (χ3n) is 2.27. The zero-order chi connectivity index (χ0) is 10.9. The van der Waals surface area contributed by atoms with E-state index in [4.69, 9.17) is 5.73 Å². The lowest BCUT2D eigenvalue weighted by Gasteiger charge is -2.21. The van der Waals surface area contributed by atoms with E-state index >= 15 is 0 Å². The number of nitrogen functional groups attached to an aromatic ring is 1. The molecule has 0 unspecified atom stereocenters. The monoisotopic (exact) mass is 191 g/mol. The van der Waals surface area contributed by atoms with Crippen LogP contribution in [0.4, 0.5) is 5.69 Å². The summed E-state index contributed by atoms with van der Waals surface area (Å²) < 4.78 is 0. The highest BCUT2D eigenvalue weighted by atomic mass is 16.1. The molecule has 0 atom stereocenters. The van der Waals surface area contributed by atoms with E-state index in [0.29, 0.717) is 0 Å². The Bertz CT molecular complexity index is 361. The zero-order valence-electron chi connectivity index (χ0n) is 9.22. The van der Waals surface area contributed by atoms with E-state index < -0.39 is 0 Å². The van der Waals surface area contributed by atoms with Crippen LogP contribution in [0.2, 0.25) is 0 Å². The molecule has 0 aliphatic carbocycles. The van der Waals surface area contributed by atoms with Crippen LogP contribution in [0, 0.1) is 0 Å². The molecule has 0 spiro atoms. The first-order chi connectivity index (χ1) is 6.32. The topological polar surface area (TPSA) is 43.1 Å². The largest absolute Gasteiger partial charge is 0.398 e. The number of Topliss-reactive ketones (excluding diaryl/α,β-unsaturated/α-hetero) is 1. The van der Waals surface area contributed by atoms with Gasteiger partial charge in [0.1, 0.15) is 0 Å². The summed E-state index contributed by atoms with van der Waals surface area (Å²) in [6, 6.07) is 5.46. The van der Waals surface area contributed by atoms with E-state index in [-0.39, 0.29) is 11.2 Å².